The first-order valence-corrected chi connectivity index (χ1v) is 6.97. The van der Waals surface area contributed by atoms with Crippen molar-refractivity contribution < 1.29 is 0 Å². The molecular formula is C14H24N2OS. The van der Waals surface area contributed by atoms with E-state index in [1.54, 1.807) is 0 Å². The molecule has 0 heterocycles. The molecule has 0 aliphatic heterocycles. The third-order valence-corrected chi connectivity index (χ3v) is 3.54. The number of hydrogen-bond donors (Lipinski definition) is 1. The van der Waals surface area contributed by atoms with Gasteiger partial charge in [-0.25, -0.2) is 0 Å². The average molecular weight is 268 g/mol. The van der Waals surface area contributed by atoms with Crippen LogP contribution in [0.3, 0.4) is 0 Å². The molecular weight excluding hydrogens is 244 g/mol. The fraction of sp³-hybridized carbons (Fsp3) is 0.714. The van der Waals surface area contributed by atoms with Crippen molar-refractivity contribution >= 4 is 23.6 Å². The van der Waals surface area contributed by atoms with Crippen LogP contribution < -0.4 is 15.6 Å². The minimum atomic E-state index is 0.00710. The first-order valence-electron chi connectivity index (χ1n) is 6.56. The van der Waals surface area contributed by atoms with Gasteiger partial charge in [0.15, 0.2) is 0 Å². The molecule has 0 saturated carbocycles. The third-order valence-electron chi connectivity index (χ3n) is 3.15. The summed E-state index contributed by atoms with van der Waals surface area (Å²) in [6.45, 7) is 10.4. The highest BCUT2D eigenvalue weighted by molar-refractivity contribution is 7.71. The summed E-state index contributed by atoms with van der Waals surface area (Å²) >= 11 is 5.10. The van der Waals surface area contributed by atoms with Crippen molar-refractivity contribution in [3.63, 3.8) is 0 Å². The maximum Gasteiger partial charge on any atom is 0.224 e. The van der Waals surface area contributed by atoms with Crippen LogP contribution in [0, 0.1) is 9.93 Å². The summed E-state index contributed by atoms with van der Waals surface area (Å²) in [7, 11) is 1.92. The van der Waals surface area contributed by atoms with Crippen molar-refractivity contribution in [2.24, 2.45) is 5.41 Å². The van der Waals surface area contributed by atoms with Crippen LogP contribution in [0.2, 0.25) is 0 Å². The van der Waals surface area contributed by atoms with E-state index in [0.717, 1.165) is 37.3 Å². The lowest BCUT2D eigenvalue weighted by Crippen LogP contribution is -2.29. The van der Waals surface area contributed by atoms with Crippen LogP contribution in [0.1, 0.15) is 40.5 Å². The highest BCUT2D eigenvalue weighted by Gasteiger charge is 2.20. The zero-order chi connectivity index (χ0) is 13.9. The van der Waals surface area contributed by atoms with Crippen molar-refractivity contribution in [3.05, 3.63) is 14.7 Å². The molecule has 0 aromatic heterocycles. The van der Waals surface area contributed by atoms with Crippen LogP contribution in [0.25, 0.3) is 0 Å². The molecule has 0 bridgehead atoms. The predicted octanol–water partition coefficient (Wildman–Crippen LogP) is 3.35. The second-order valence-corrected chi connectivity index (χ2v) is 6.40. The quantitative estimate of drug-likeness (QED) is 0.633. The number of nitrogens with zero attached hydrogens (tertiary/aromatic N) is 1. The molecule has 0 amide bonds. The van der Waals surface area contributed by atoms with Gasteiger partial charge in [-0.1, -0.05) is 33.0 Å². The molecule has 102 valence electrons. The standard InChI is InChI=1S/C14H24N2OS/c1-6-16(5)11-10(13(18)12(11)17)15-9-7-8-14(2,3)4/h15H,6-9H2,1-5H3. The van der Waals surface area contributed by atoms with E-state index in [2.05, 4.69) is 26.1 Å². The summed E-state index contributed by atoms with van der Waals surface area (Å²) in [6.07, 6.45) is 2.25. The van der Waals surface area contributed by atoms with Gasteiger partial charge in [-0.3, -0.25) is 4.79 Å². The van der Waals surface area contributed by atoms with Crippen LogP contribution in [0.15, 0.2) is 4.79 Å². The second-order valence-electron chi connectivity index (χ2n) is 5.99. The lowest BCUT2D eigenvalue weighted by atomic mass is 9.90. The largest absolute Gasteiger partial charge is 0.382 e. The predicted molar refractivity (Wildman–Crippen MR) is 82.0 cm³/mol. The minimum absolute atomic E-state index is 0.00710. The summed E-state index contributed by atoms with van der Waals surface area (Å²) < 4.78 is 0.459. The molecule has 1 aromatic carbocycles. The van der Waals surface area contributed by atoms with Gasteiger partial charge >= 0.3 is 0 Å². The van der Waals surface area contributed by atoms with E-state index in [1.165, 1.54) is 0 Å². The van der Waals surface area contributed by atoms with Crippen LogP contribution in [0.5, 0.6) is 0 Å². The molecule has 1 aromatic rings. The highest BCUT2D eigenvalue weighted by atomic mass is 32.1. The smallest absolute Gasteiger partial charge is 0.224 e. The Bertz CT molecular complexity index is 467. The SMILES string of the molecule is CCN(C)c1c(NCCCC(C)(C)C)c(=S)c1=O. The number of rotatable bonds is 6. The Morgan fingerprint density at radius 3 is 2.44 bits per heavy atom. The van der Waals surface area contributed by atoms with E-state index < -0.39 is 0 Å². The Morgan fingerprint density at radius 1 is 1.33 bits per heavy atom. The second kappa shape index (κ2) is 5.83. The van der Waals surface area contributed by atoms with Crippen molar-refractivity contribution in [2.45, 2.75) is 40.5 Å². The van der Waals surface area contributed by atoms with Gasteiger partial charge in [-0.15, -0.1) is 0 Å². The normalized spacial score (nSPS) is 11.8. The van der Waals surface area contributed by atoms with E-state index in [9.17, 15) is 4.79 Å². The highest BCUT2D eigenvalue weighted by Crippen LogP contribution is 2.26. The maximum absolute atomic E-state index is 11.7. The van der Waals surface area contributed by atoms with E-state index in [4.69, 9.17) is 12.2 Å². The van der Waals surface area contributed by atoms with Gasteiger partial charge in [0.25, 0.3) is 0 Å². The van der Waals surface area contributed by atoms with E-state index >= 15 is 0 Å². The maximum atomic E-state index is 11.7. The zero-order valence-electron chi connectivity index (χ0n) is 12.1. The molecule has 0 atom stereocenters. The Morgan fingerprint density at radius 2 is 1.94 bits per heavy atom. The molecule has 1 rings (SSSR count). The molecule has 4 heteroatoms. The topological polar surface area (TPSA) is 32.3 Å². The molecule has 3 nitrogen and oxygen atoms in total. The minimum Gasteiger partial charge on any atom is -0.382 e. The fourth-order valence-corrected chi connectivity index (χ4v) is 2.16. The van der Waals surface area contributed by atoms with E-state index in [-0.39, 0.29) is 5.43 Å². The third kappa shape index (κ3) is 3.55. The molecule has 18 heavy (non-hydrogen) atoms. The molecule has 0 fully saturated rings. The Kier molecular flexibility index (Phi) is 4.91. The van der Waals surface area contributed by atoms with Crippen molar-refractivity contribution in [1.82, 2.24) is 0 Å². The summed E-state index contributed by atoms with van der Waals surface area (Å²) in [6, 6.07) is 0. The first-order chi connectivity index (χ1) is 8.28. The van der Waals surface area contributed by atoms with Crippen molar-refractivity contribution in [2.75, 3.05) is 30.4 Å². The van der Waals surface area contributed by atoms with Crippen LogP contribution >= 0.6 is 12.2 Å². The van der Waals surface area contributed by atoms with Gasteiger partial charge in [0.1, 0.15) is 10.2 Å². The summed E-state index contributed by atoms with van der Waals surface area (Å²) in [5, 5.41) is 3.31. The van der Waals surface area contributed by atoms with E-state index in [0.29, 0.717) is 9.93 Å². The number of nitrogens with one attached hydrogen (secondary N) is 1. The van der Waals surface area contributed by atoms with Gasteiger partial charge < -0.3 is 10.2 Å². The fourth-order valence-electron chi connectivity index (χ4n) is 1.90. The van der Waals surface area contributed by atoms with Crippen molar-refractivity contribution in [1.29, 1.82) is 0 Å². The molecule has 0 spiro atoms. The molecule has 0 saturated heterocycles. The first kappa shape index (κ1) is 15.2. The lowest BCUT2D eigenvalue weighted by molar-refractivity contribution is 0.370. The molecule has 0 aliphatic carbocycles. The Labute approximate surface area is 115 Å². The molecule has 0 aliphatic rings. The van der Waals surface area contributed by atoms with Crippen LogP contribution in [-0.4, -0.2) is 20.1 Å². The van der Waals surface area contributed by atoms with Gasteiger partial charge in [0, 0.05) is 20.1 Å². The van der Waals surface area contributed by atoms with Gasteiger partial charge in [-0.2, -0.15) is 0 Å². The van der Waals surface area contributed by atoms with Gasteiger partial charge in [0.2, 0.25) is 5.43 Å². The Balaban J connectivity index is 2.56. The summed E-state index contributed by atoms with van der Waals surface area (Å²) in [4.78, 5) is 13.6. The molecule has 0 radical (unpaired) electrons. The summed E-state index contributed by atoms with van der Waals surface area (Å²) in [5.41, 5.74) is 1.98. The van der Waals surface area contributed by atoms with Gasteiger partial charge in [0.05, 0.1) is 5.69 Å². The lowest BCUT2D eigenvalue weighted by Gasteiger charge is -2.24. The summed E-state index contributed by atoms with van der Waals surface area (Å²) in [5.74, 6) is 0. The molecule has 1 N–H and O–H groups in total. The van der Waals surface area contributed by atoms with Gasteiger partial charge in [-0.05, 0) is 25.2 Å². The van der Waals surface area contributed by atoms with Crippen LogP contribution in [0.4, 0.5) is 11.4 Å². The number of hydrogen-bond acceptors (Lipinski definition) is 4. The Hall–Kier alpha value is -0.900. The number of anilines is 2. The zero-order valence-corrected chi connectivity index (χ0v) is 12.9. The molecule has 0 unspecified atom stereocenters. The van der Waals surface area contributed by atoms with E-state index in [1.807, 2.05) is 18.9 Å². The average Bonchev–Trinajstić information content (AvgIpc) is 2.29. The van der Waals surface area contributed by atoms with Crippen molar-refractivity contribution in [3.8, 4) is 0 Å². The monoisotopic (exact) mass is 268 g/mol. The van der Waals surface area contributed by atoms with Crippen LogP contribution in [-0.2, 0) is 0 Å².